The third-order valence-corrected chi connectivity index (χ3v) is 4.19. The molecule has 116 valence electrons. The van der Waals surface area contributed by atoms with Crippen molar-refractivity contribution < 1.29 is 9.59 Å². The van der Waals surface area contributed by atoms with Gasteiger partial charge in [0.2, 0.25) is 0 Å². The number of H-pyrrole nitrogens is 1. The highest BCUT2D eigenvalue weighted by Gasteiger charge is 2.32. The summed E-state index contributed by atoms with van der Waals surface area (Å²) in [6, 6.07) is 3.45. The van der Waals surface area contributed by atoms with E-state index in [1.807, 2.05) is 19.3 Å². The van der Waals surface area contributed by atoms with Crippen molar-refractivity contribution in [2.45, 2.75) is 25.3 Å². The predicted molar refractivity (Wildman–Crippen MR) is 80.1 cm³/mol. The van der Waals surface area contributed by atoms with Gasteiger partial charge in [0.05, 0.1) is 23.5 Å². The molecule has 0 aromatic carbocycles. The summed E-state index contributed by atoms with van der Waals surface area (Å²) in [5.41, 5.74) is 7.02. The van der Waals surface area contributed by atoms with Crippen LogP contribution in [0.2, 0.25) is 0 Å². The van der Waals surface area contributed by atoms with Gasteiger partial charge in [-0.25, -0.2) is 0 Å². The highest BCUT2D eigenvalue weighted by molar-refractivity contribution is 5.95. The zero-order valence-electron chi connectivity index (χ0n) is 12.5. The first-order chi connectivity index (χ1) is 10.6. The number of piperidine rings is 1. The van der Waals surface area contributed by atoms with Crippen LogP contribution < -0.4 is 5.73 Å². The van der Waals surface area contributed by atoms with Crippen LogP contribution in [0.5, 0.6) is 0 Å². The van der Waals surface area contributed by atoms with Crippen LogP contribution in [0.25, 0.3) is 0 Å². The largest absolute Gasteiger partial charge is 0.365 e. The first-order valence-electron chi connectivity index (χ1n) is 7.35. The number of amides is 2. The molecule has 7 nitrogen and oxygen atoms in total. The molecule has 2 amide bonds. The first kappa shape index (κ1) is 14.4. The summed E-state index contributed by atoms with van der Waals surface area (Å²) in [6.45, 7) is 0.659. The molecule has 1 atom stereocenters. The lowest BCUT2D eigenvalue weighted by molar-refractivity contribution is 0.0593. The monoisotopic (exact) mass is 301 g/mol. The molecule has 1 aliphatic heterocycles. The number of nitrogens with two attached hydrogens (primary N) is 1. The summed E-state index contributed by atoms with van der Waals surface area (Å²) in [4.78, 5) is 26.2. The molecule has 1 unspecified atom stereocenters. The number of aryl methyl sites for hydroxylation is 1. The number of nitrogens with zero attached hydrogens (tertiary/aromatic N) is 3. The number of carbonyl (C=O) groups excluding carboxylic acids is 2. The number of hydrogen-bond donors (Lipinski definition) is 2. The Hall–Kier alpha value is -2.57. The second-order valence-electron chi connectivity index (χ2n) is 5.58. The smallest absolute Gasteiger partial charge is 0.271 e. The van der Waals surface area contributed by atoms with E-state index in [0.717, 1.165) is 19.3 Å². The first-order valence-corrected chi connectivity index (χ1v) is 7.35. The van der Waals surface area contributed by atoms with E-state index in [0.29, 0.717) is 23.5 Å². The summed E-state index contributed by atoms with van der Waals surface area (Å²) in [5, 5.41) is 6.77. The van der Waals surface area contributed by atoms with E-state index in [9.17, 15) is 9.59 Å². The maximum absolute atomic E-state index is 12.8. The fraction of sp³-hybridized carbons (Fsp3) is 0.400. The topological polar surface area (TPSA) is 97.0 Å². The summed E-state index contributed by atoms with van der Waals surface area (Å²) < 4.78 is 1.80. The molecule has 0 spiro atoms. The SMILES string of the molecule is Cn1cccc1C(=O)N1CCCCC1c1[nH]ncc1C(N)=O. The normalized spacial score (nSPS) is 18.4. The Bertz CT molecular complexity index is 702. The van der Waals surface area contributed by atoms with E-state index in [2.05, 4.69) is 10.2 Å². The molecule has 2 aromatic heterocycles. The van der Waals surface area contributed by atoms with Crippen molar-refractivity contribution >= 4 is 11.8 Å². The van der Waals surface area contributed by atoms with Gasteiger partial charge in [-0.05, 0) is 31.4 Å². The third kappa shape index (κ3) is 2.38. The van der Waals surface area contributed by atoms with Crippen LogP contribution in [0.3, 0.4) is 0 Å². The number of hydrogen-bond acceptors (Lipinski definition) is 3. The van der Waals surface area contributed by atoms with Gasteiger partial charge < -0.3 is 15.2 Å². The van der Waals surface area contributed by atoms with E-state index in [1.54, 1.807) is 15.5 Å². The van der Waals surface area contributed by atoms with Gasteiger partial charge in [0.1, 0.15) is 5.69 Å². The molecule has 3 rings (SSSR count). The minimum atomic E-state index is -0.527. The summed E-state index contributed by atoms with van der Waals surface area (Å²) in [7, 11) is 1.84. The highest BCUT2D eigenvalue weighted by atomic mass is 16.2. The molecule has 0 bridgehead atoms. The Morgan fingerprint density at radius 3 is 2.91 bits per heavy atom. The molecule has 3 heterocycles. The van der Waals surface area contributed by atoms with Crippen molar-refractivity contribution in [2.24, 2.45) is 12.8 Å². The summed E-state index contributed by atoms with van der Waals surface area (Å²) >= 11 is 0. The quantitative estimate of drug-likeness (QED) is 0.891. The van der Waals surface area contributed by atoms with E-state index in [4.69, 9.17) is 5.73 Å². The van der Waals surface area contributed by atoms with E-state index < -0.39 is 5.91 Å². The van der Waals surface area contributed by atoms with Gasteiger partial charge in [-0.3, -0.25) is 14.7 Å². The van der Waals surface area contributed by atoms with Crippen molar-refractivity contribution in [3.05, 3.63) is 41.5 Å². The Balaban J connectivity index is 1.95. The molecule has 3 N–H and O–H groups in total. The summed E-state index contributed by atoms with van der Waals surface area (Å²) in [5.74, 6) is -0.567. The molecule has 1 aliphatic rings. The van der Waals surface area contributed by atoms with Crippen LogP contribution in [0.15, 0.2) is 24.5 Å². The number of aromatic nitrogens is 3. The third-order valence-electron chi connectivity index (χ3n) is 4.19. The van der Waals surface area contributed by atoms with Gasteiger partial charge in [-0.1, -0.05) is 0 Å². The second-order valence-corrected chi connectivity index (χ2v) is 5.58. The maximum atomic E-state index is 12.8. The molecular formula is C15H19N5O2. The number of nitrogens with one attached hydrogen (secondary N) is 1. The fourth-order valence-electron chi connectivity index (χ4n) is 3.05. The minimum Gasteiger partial charge on any atom is -0.365 e. The van der Waals surface area contributed by atoms with Crippen LogP contribution in [-0.4, -0.2) is 38.0 Å². The van der Waals surface area contributed by atoms with Gasteiger partial charge in [0.15, 0.2) is 0 Å². The molecule has 0 aliphatic carbocycles. The van der Waals surface area contributed by atoms with Crippen molar-refractivity contribution in [2.75, 3.05) is 6.54 Å². The molecule has 0 saturated carbocycles. The Morgan fingerprint density at radius 1 is 1.41 bits per heavy atom. The van der Waals surface area contributed by atoms with E-state index >= 15 is 0 Å². The Labute approximate surface area is 128 Å². The van der Waals surface area contributed by atoms with Crippen LogP contribution in [-0.2, 0) is 7.05 Å². The molecule has 22 heavy (non-hydrogen) atoms. The lowest BCUT2D eigenvalue weighted by atomic mass is 9.96. The van der Waals surface area contributed by atoms with Crippen molar-refractivity contribution in [3.63, 3.8) is 0 Å². The van der Waals surface area contributed by atoms with Crippen molar-refractivity contribution in [3.8, 4) is 0 Å². The van der Waals surface area contributed by atoms with Crippen LogP contribution in [0.1, 0.15) is 51.8 Å². The number of aromatic amines is 1. The van der Waals surface area contributed by atoms with Gasteiger partial charge in [-0.2, -0.15) is 5.10 Å². The molecule has 7 heteroatoms. The van der Waals surface area contributed by atoms with Crippen molar-refractivity contribution in [1.82, 2.24) is 19.7 Å². The fourth-order valence-corrected chi connectivity index (χ4v) is 3.05. The molecular weight excluding hydrogens is 282 g/mol. The highest BCUT2D eigenvalue weighted by Crippen LogP contribution is 2.32. The Morgan fingerprint density at radius 2 is 2.23 bits per heavy atom. The molecule has 2 aromatic rings. The molecule has 1 saturated heterocycles. The zero-order chi connectivity index (χ0) is 15.7. The Kier molecular flexibility index (Phi) is 3.70. The van der Waals surface area contributed by atoms with Crippen LogP contribution >= 0.6 is 0 Å². The van der Waals surface area contributed by atoms with Gasteiger partial charge >= 0.3 is 0 Å². The summed E-state index contributed by atoms with van der Waals surface area (Å²) in [6.07, 6.45) is 6.01. The maximum Gasteiger partial charge on any atom is 0.271 e. The average Bonchev–Trinajstić information content (AvgIpc) is 3.15. The van der Waals surface area contributed by atoms with Gasteiger partial charge in [0, 0.05) is 19.8 Å². The molecule has 1 fully saturated rings. The van der Waals surface area contributed by atoms with Gasteiger partial charge in [0.25, 0.3) is 11.8 Å². The van der Waals surface area contributed by atoms with E-state index in [-0.39, 0.29) is 11.9 Å². The number of likely N-dealkylation sites (tertiary alicyclic amines) is 1. The lowest BCUT2D eigenvalue weighted by Gasteiger charge is -2.35. The van der Waals surface area contributed by atoms with Crippen LogP contribution in [0, 0.1) is 0 Å². The van der Waals surface area contributed by atoms with Gasteiger partial charge in [-0.15, -0.1) is 0 Å². The van der Waals surface area contributed by atoms with Crippen LogP contribution in [0.4, 0.5) is 0 Å². The number of carbonyl (C=O) groups is 2. The minimum absolute atomic E-state index is 0.0396. The molecule has 0 radical (unpaired) electrons. The lowest BCUT2D eigenvalue weighted by Crippen LogP contribution is -2.40. The van der Waals surface area contributed by atoms with Crippen molar-refractivity contribution in [1.29, 1.82) is 0 Å². The second kappa shape index (κ2) is 5.67. The zero-order valence-corrected chi connectivity index (χ0v) is 12.5. The van der Waals surface area contributed by atoms with E-state index in [1.165, 1.54) is 6.20 Å². The number of rotatable bonds is 3. The predicted octanol–water partition coefficient (Wildman–Crippen LogP) is 1.21. The number of primary amides is 1. The standard InChI is InChI=1S/C15H19N5O2/c1-19-7-4-6-12(19)15(22)20-8-3-2-5-11(20)13-10(14(16)21)9-17-18-13/h4,6-7,9,11H,2-3,5,8H2,1H3,(H2,16,21)(H,17,18). The average molecular weight is 301 g/mol.